The topological polar surface area (TPSA) is 136 Å². The lowest BCUT2D eigenvalue weighted by Gasteiger charge is -2.09. The van der Waals surface area contributed by atoms with Gasteiger partial charge in [-0.15, -0.1) is 0 Å². The fourth-order valence-electron chi connectivity index (χ4n) is 1.54. The van der Waals surface area contributed by atoms with Gasteiger partial charge in [0.05, 0.1) is 5.69 Å². The molecule has 0 spiro atoms. The van der Waals surface area contributed by atoms with Crippen LogP contribution in [0.15, 0.2) is 23.1 Å². The van der Waals surface area contributed by atoms with E-state index in [0.717, 1.165) is 5.75 Å². The normalized spacial score (nSPS) is 11.5. The molecule has 0 fully saturated rings. The molecular weight excluding hydrogens is 314 g/mol. The van der Waals surface area contributed by atoms with Gasteiger partial charge in [-0.2, -0.15) is 11.8 Å². The number of carbonyl (C=O) groups excluding carboxylic acids is 1. The molecule has 1 amide bonds. The Morgan fingerprint density at radius 1 is 1.33 bits per heavy atom. The molecule has 0 unspecified atom stereocenters. The predicted molar refractivity (Wildman–Crippen MR) is 83.6 cm³/mol. The first-order valence-electron chi connectivity index (χ1n) is 6.26. The second-order valence-electron chi connectivity index (χ2n) is 4.20. The van der Waals surface area contributed by atoms with Gasteiger partial charge in [0.25, 0.3) is 0 Å². The highest BCUT2D eigenvalue weighted by Crippen LogP contribution is 2.19. The van der Waals surface area contributed by atoms with Crippen LogP contribution in [0.1, 0.15) is 16.8 Å². The van der Waals surface area contributed by atoms with Crippen molar-refractivity contribution in [1.29, 1.82) is 0 Å². The standard InChI is InChI=1S/C12H19N3O4S2/c13-10-8-9(12(14)17)2-3-11(10)21(18,19)15-4-7-20-6-1-5-16/h2-3,8,15-16H,1,4-7,13H2,(H2,14,17). The van der Waals surface area contributed by atoms with E-state index in [2.05, 4.69) is 4.72 Å². The number of benzene rings is 1. The largest absolute Gasteiger partial charge is 0.398 e. The minimum absolute atomic E-state index is 0.0215. The lowest BCUT2D eigenvalue weighted by Crippen LogP contribution is -2.27. The van der Waals surface area contributed by atoms with E-state index in [1.54, 1.807) is 11.8 Å². The van der Waals surface area contributed by atoms with Crippen LogP contribution in [0.25, 0.3) is 0 Å². The van der Waals surface area contributed by atoms with Crippen LogP contribution in [0.3, 0.4) is 0 Å². The van der Waals surface area contributed by atoms with Crippen LogP contribution in [0.5, 0.6) is 0 Å². The highest BCUT2D eigenvalue weighted by atomic mass is 32.2. The molecule has 0 atom stereocenters. The van der Waals surface area contributed by atoms with E-state index in [4.69, 9.17) is 16.6 Å². The number of hydrogen-bond acceptors (Lipinski definition) is 6. The zero-order valence-electron chi connectivity index (χ0n) is 11.4. The molecule has 0 aliphatic heterocycles. The fourth-order valence-corrected chi connectivity index (χ4v) is 3.60. The SMILES string of the molecule is NC(=O)c1ccc(S(=O)(=O)NCCSCCCO)c(N)c1. The number of hydrogen-bond donors (Lipinski definition) is 4. The van der Waals surface area contributed by atoms with Gasteiger partial charge in [-0.25, -0.2) is 13.1 Å². The summed E-state index contributed by atoms with van der Waals surface area (Å²) in [6.45, 7) is 0.386. The van der Waals surface area contributed by atoms with Gasteiger partial charge in [0, 0.05) is 24.5 Å². The quantitative estimate of drug-likeness (QED) is 0.364. The Morgan fingerprint density at radius 3 is 2.62 bits per heavy atom. The maximum absolute atomic E-state index is 12.1. The van der Waals surface area contributed by atoms with Crippen molar-refractivity contribution in [1.82, 2.24) is 4.72 Å². The third-order valence-electron chi connectivity index (χ3n) is 2.57. The van der Waals surface area contributed by atoms with E-state index < -0.39 is 15.9 Å². The molecule has 9 heteroatoms. The Kier molecular flexibility index (Phi) is 6.96. The van der Waals surface area contributed by atoms with Crippen molar-refractivity contribution in [2.45, 2.75) is 11.3 Å². The van der Waals surface area contributed by atoms with E-state index in [1.165, 1.54) is 18.2 Å². The van der Waals surface area contributed by atoms with Gasteiger partial charge >= 0.3 is 0 Å². The molecule has 0 saturated carbocycles. The Bertz CT molecular complexity index is 590. The van der Waals surface area contributed by atoms with Crippen molar-refractivity contribution in [2.75, 3.05) is 30.4 Å². The molecule has 0 radical (unpaired) electrons. The number of rotatable bonds is 9. The summed E-state index contributed by atoms with van der Waals surface area (Å²) in [4.78, 5) is 10.9. The second kappa shape index (κ2) is 8.23. The molecule has 0 bridgehead atoms. The first kappa shape index (κ1) is 17.8. The van der Waals surface area contributed by atoms with Crippen molar-refractivity contribution in [3.05, 3.63) is 23.8 Å². The van der Waals surface area contributed by atoms with Gasteiger partial charge in [0.15, 0.2) is 0 Å². The fraction of sp³-hybridized carbons (Fsp3) is 0.417. The average Bonchev–Trinajstić information content (AvgIpc) is 2.42. The number of aliphatic hydroxyl groups excluding tert-OH is 1. The Balaban J connectivity index is 2.64. The van der Waals surface area contributed by atoms with Crippen LogP contribution < -0.4 is 16.2 Å². The van der Waals surface area contributed by atoms with Crippen molar-refractivity contribution in [3.63, 3.8) is 0 Å². The molecular formula is C12H19N3O4S2. The van der Waals surface area contributed by atoms with Crippen LogP contribution in [0.4, 0.5) is 5.69 Å². The molecule has 0 saturated heterocycles. The molecule has 0 aromatic heterocycles. The van der Waals surface area contributed by atoms with Crippen LogP contribution in [-0.2, 0) is 10.0 Å². The minimum atomic E-state index is -3.72. The van der Waals surface area contributed by atoms with Crippen molar-refractivity contribution < 1.29 is 18.3 Å². The summed E-state index contributed by atoms with van der Waals surface area (Å²) < 4.78 is 26.6. The van der Waals surface area contributed by atoms with Crippen LogP contribution in [-0.4, -0.2) is 44.1 Å². The first-order valence-corrected chi connectivity index (χ1v) is 8.90. The van der Waals surface area contributed by atoms with Crippen LogP contribution in [0, 0.1) is 0 Å². The van der Waals surface area contributed by atoms with Gasteiger partial charge in [-0.3, -0.25) is 4.79 Å². The van der Waals surface area contributed by atoms with Gasteiger partial charge in [-0.1, -0.05) is 0 Å². The third kappa shape index (κ3) is 5.54. The summed E-state index contributed by atoms with van der Waals surface area (Å²) in [5, 5.41) is 8.62. The summed E-state index contributed by atoms with van der Waals surface area (Å²) >= 11 is 1.54. The molecule has 0 aliphatic rings. The first-order chi connectivity index (χ1) is 9.88. The number of amides is 1. The highest BCUT2D eigenvalue weighted by molar-refractivity contribution is 7.99. The van der Waals surface area contributed by atoms with E-state index in [-0.39, 0.29) is 29.3 Å². The molecule has 0 heterocycles. The number of nitrogen functional groups attached to an aromatic ring is 1. The molecule has 1 rings (SSSR count). The number of nitrogens with two attached hydrogens (primary N) is 2. The number of carbonyl (C=O) groups is 1. The molecule has 0 aliphatic carbocycles. The Hall–Kier alpha value is -1.29. The molecule has 21 heavy (non-hydrogen) atoms. The maximum atomic E-state index is 12.1. The van der Waals surface area contributed by atoms with Crippen molar-refractivity contribution >= 4 is 33.4 Å². The number of anilines is 1. The summed E-state index contributed by atoms with van der Waals surface area (Å²) in [6.07, 6.45) is 0.680. The number of sulfonamides is 1. The van der Waals surface area contributed by atoms with E-state index >= 15 is 0 Å². The second-order valence-corrected chi connectivity index (χ2v) is 7.16. The number of primary amides is 1. The Morgan fingerprint density at radius 2 is 2.05 bits per heavy atom. The third-order valence-corrected chi connectivity index (χ3v) is 5.17. The van der Waals surface area contributed by atoms with E-state index in [0.29, 0.717) is 12.2 Å². The smallest absolute Gasteiger partial charge is 0.248 e. The molecule has 6 N–H and O–H groups in total. The Labute approximate surface area is 128 Å². The van der Waals surface area contributed by atoms with Crippen molar-refractivity contribution in [2.24, 2.45) is 5.73 Å². The maximum Gasteiger partial charge on any atom is 0.248 e. The minimum Gasteiger partial charge on any atom is -0.398 e. The average molecular weight is 333 g/mol. The number of thioether (sulfide) groups is 1. The van der Waals surface area contributed by atoms with Crippen LogP contribution >= 0.6 is 11.8 Å². The number of aliphatic hydroxyl groups is 1. The monoisotopic (exact) mass is 333 g/mol. The van der Waals surface area contributed by atoms with Crippen LogP contribution in [0.2, 0.25) is 0 Å². The lowest BCUT2D eigenvalue weighted by molar-refractivity contribution is 0.1000. The summed E-state index contributed by atoms with van der Waals surface area (Å²) in [7, 11) is -3.72. The summed E-state index contributed by atoms with van der Waals surface area (Å²) in [5.41, 5.74) is 10.9. The summed E-state index contributed by atoms with van der Waals surface area (Å²) in [5.74, 6) is 0.700. The molecule has 7 nitrogen and oxygen atoms in total. The highest BCUT2D eigenvalue weighted by Gasteiger charge is 2.17. The zero-order valence-corrected chi connectivity index (χ0v) is 13.0. The molecule has 1 aromatic rings. The van der Waals surface area contributed by atoms with E-state index in [9.17, 15) is 13.2 Å². The molecule has 1 aromatic carbocycles. The van der Waals surface area contributed by atoms with E-state index in [1.807, 2.05) is 0 Å². The van der Waals surface area contributed by atoms with Gasteiger partial charge in [0.1, 0.15) is 4.90 Å². The van der Waals surface area contributed by atoms with Gasteiger partial charge in [-0.05, 0) is 30.4 Å². The van der Waals surface area contributed by atoms with Gasteiger partial charge in [0.2, 0.25) is 15.9 Å². The zero-order chi connectivity index (χ0) is 15.9. The lowest BCUT2D eigenvalue weighted by atomic mass is 10.2. The number of nitrogens with one attached hydrogen (secondary N) is 1. The summed E-state index contributed by atoms with van der Waals surface area (Å²) in [6, 6.07) is 3.83. The predicted octanol–water partition coefficient (Wildman–Crippen LogP) is -0.238. The van der Waals surface area contributed by atoms with Gasteiger partial charge < -0.3 is 16.6 Å². The van der Waals surface area contributed by atoms with Crippen molar-refractivity contribution in [3.8, 4) is 0 Å². The molecule has 118 valence electrons.